The van der Waals surface area contributed by atoms with E-state index in [1.807, 2.05) is 0 Å². The van der Waals surface area contributed by atoms with Gasteiger partial charge in [0.2, 0.25) is 0 Å². The number of benzene rings is 2. The third-order valence-electron chi connectivity index (χ3n) is 3.54. The molecule has 0 spiro atoms. The molecule has 8 nitrogen and oxygen atoms in total. The molecule has 27 heavy (non-hydrogen) atoms. The first kappa shape index (κ1) is 20.7. The van der Waals surface area contributed by atoms with Gasteiger partial charge in [0.15, 0.2) is 6.61 Å². The Labute approximate surface area is 162 Å². The van der Waals surface area contributed by atoms with Crippen LogP contribution in [-0.2, 0) is 14.8 Å². The Bertz CT molecular complexity index is 962. The number of rotatable bonds is 8. The van der Waals surface area contributed by atoms with E-state index in [9.17, 15) is 13.2 Å². The number of nitrogens with two attached hydrogens (primary N) is 1. The van der Waals surface area contributed by atoms with Crippen molar-refractivity contribution >= 4 is 33.2 Å². The maximum absolute atomic E-state index is 12.8. The van der Waals surface area contributed by atoms with Crippen LogP contribution in [0.1, 0.15) is 5.56 Å². The average molecular weight is 415 g/mol. The van der Waals surface area contributed by atoms with Gasteiger partial charge in [-0.15, -0.1) is 0 Å². The Morgan fingerprint density at radius 1 is 1.15 bits per heavy atom. The van der Waals surface area contributed by atoms with E-state index in [2.05, 4.69) is 4.72 Å². The number of halogens is 1. The van der Waals surface area contributed by atoms with Crippen LogP contribution in [-0.4, -0.2) is 35.2 Å². The van der Waals surface area contributed by atoms with Crippen molar-refractivity contribution in [3.63, 3.8) is 0 Å². The number of carbonyl (C=O) groups is 1. The number of anilines is 1. The predicted octanol–water partition coefficient (Wildman–Crippen LogP) is 2.33. The van der Waals surface area contributed by atoms with Crippen molar-refractivity contribution in [2.75, 3.05) is 25.5 Å². The largest absolute Gasteiger partial charge is 0.497 e. The Kier molecular flexibility index (Phi) is 6.40. The molecule has 0 bridgehead atoms. The second-order valence-electron chi connectivity index (χ2n) is 5.47. The zero-order valence-electron chi connectivity index (χ0n) is 14.9. The molecule has 146 valence electrons. The summed E-state index contributed by atoms with van der Waals surface area (Å²) in [5, 5.41) is -0.00102. The number of sulfonamides is 1. The summed E-state index contributed by atoms with van der Waals surface area (Å²) in [6.45, 7) is 1.28. The number of amides is 1. The van der Waals surface area contributed by atoms with Crippen LogP contribution in [0.5, 0.6) is 17.2 Å². The minimum absolute atomic E-state index is 0.00102. The van der Waals surface area contributed by atoms with Crippen molar-refractivity contribution in [2.24, 2.45) is 5.73 Å². The zero-order valence-corrected chi connectivity index (χ0v) is 16.5. The fourth-order valence-electron chi connectivity index (χ4n) is 2.23. The highest BCUT2D eigenvalue weighted by Crippen LogP contribution is 2.34. The molecular weight excluding hydrogens is 396 g/mol. The molecule has 10 heteroatoms. The van der Waals surface area contributed by atoms with E-state index in [0.717, 1.165) is 0 Å². The van der Waals surface area contributed by atoms with Gasteiger partial charge in [0, 0.05) is 12.1 Å². The highest BCUT2D eigenvalue weighted by Gasteiger charge is 2.22. The molecule has 0 aliphatic rings. The molecule has 1 amide bonds. The summed E-state index contributed by atoms with van der Waals surface area (Å²) < 4.78 is 43.6. The van der Waals surface area contributed by atoms with Crippen LogP contribution < -0.4 is 24.7 Å². The molecule has 2 aromatic rings. The number of hydrogen-bond donors (Lipinski definition) is 2. The molecule has 2 rings (SSSR count). The summed E-state index contributed by atoms with van der Waals surface area (Å²) in [4.78, 5) is 10.7. The smallest absolute Gasteiger partial charge is 0.263 e. The lowest BCUT2D eigenvalue weighted by atomic mass is 10.2. The molecule has 0 fully saturated rings. The molecule has 0 saturated carbocycles. The number of hydrogen-bond acceptors (Lipinski definition) is 6. The van der Waals surface area contributed by atoms with Crippen LogP contribution in [0.15, 0.2) is 35.2 Å². The summed E-state index contributed by atoms with van der Waals surface area (Å²) in [6.07, 6.45) is 0. The van der Waals surface area contributed by atoms with Crippen LogP contribution >= 0.6 is 11.6 Å². The highest BCUT2D eigenvalue weighted by molar-refractivity contribution is 7.92. The van der Waals surface area contributed by atoms with Gasteiger partial charge in [-0.1, -0.05) is 11.6 Å². The van der Waals surface area contributed by atoms with E-state index in [4.69, 9.17) is 31.5 Å². The minimum atomic E-state index is -4.07. The van der Waals surface area contributed by atoms with E-state index in [1.54, 1.807) is 13.0 Å². The van der Waals surface area contributed by atoms with Gasteiger partial charge in [0.1, 0.15) is 22.1 Å². The summed E-state index contributed by atoms with van der Waals surface area (Å²) in [7, 11) is -1.18. The second kappa shape index (κ2) is 8.36. The first-order chi connectivity index (χ1) is 12.7. The number of nitrogens with one attached hydrogen (secondary N) is 1. The SMILES string of the molecule is COc1ccc(NS(=O)(=O)c2cc(OCC(N)=O)c(C)cc2Cl)c(OC)c1. The first-order valence-electron chi connectivity index (χ1n) is 7.64. The quantitative estimate of drug-likeness (QED) is 0.684. The second-order valence-corrected chi connectivity index (χ2v) is 7.53. The molecule has 0 saturated heterocycles. The van der Waals surface area contributed by atoms with Crippen LogP contribution in [0.4, 0.5) is 5.69 Å². The Hall–Kier alpha value is -2.65. The van der Waals surface area contributed by atoms with Gasteiger partial charge in [-0.3, -0.25) is 9.52 Å². The van der Waals surface area contributed by atoms with Crippen LogP contribution in [0, 0.1) is 6.92 Å². The van der Waals surface area contributed by atoms with Gasteiger partial charge in [-0.25, -0.2) is 8.42 Å². The molecule has 0 aliphatic carbocycles. The van der Waals surface area contributed by atoms with Gasteiger partial charge in [-0.05, 0) is 30.7 Å². The van der Waals surface area contributed by atoms with Gasteiger partial charge in [0.25, 0.3) is 15.9 Å². The summed E-state index contributed by atoms with van der Waals surface area (Å²) >= 11 is 6.12. The number of primary amides is 1. The first-order valence-corrected chi connectivity index (χ1v) is 9.50. The molecule has 0 atom stereocenters. The number of aryl methyl sites for hydroxylation is 1. The summed E-state index contributed by atoms with van der Waals surface area (Å²) in [5.74, 6) is 0.270. The van der Waals surface area contributed by atoms with Crippen molar-refractivity contribution in [2.45, 2.75) is 11.8 Å². The Morgan fingerprint density at radius 3 is 2.44 bits per heavy atom. The lowest BCUT2D eigenvalue weighted by molar-refractivity contribution is -0.119. The van der Waals surface area contributed by atoms with Crippen LogP contribution in [0.3, 0.4) is 0 Å². The van der Waals surface area contributed by atoms with E-state index >= 15 is 0 Å². The molecular formula is C17H19ClN2O6S. The van der Waals surface area contributed by atoms with Crippen LogP contribution in [0.25, 0.3) is 0 Å². The number of ether oxygens (including phenoxy) is 3. The van der Waals surface area contributed by atoms with Crippen molar-refractivity contribution in [3.05, 3.63) is 40.9 Å². The number of carbonyl (C=O) groups excluding carboxylic acids is 1. The highest BCUT2D eigenvalue weighted by atomic mass is 35.5. The van der Waals surface area contributed by atoms with Gasteiger partial charge in [0.05, 0.1) is 24.9 Å². The molecule has 0 aromatic heterocycles. The normalized spacial score (nSPS) is 11.0. The van der Waals surface area contributed by atoms with E-state index in [0.29, 0.717) is 11.3 Å². The lowest BCUT2D eigenvalue weighted by Crippen LogP contribution is -2.20. The number of methoxy groups -OCH3 is 2. The molecule has 0 unspecified atom stereocenters. The Balaban J connectivity index is 2.41. The topological polar surface area (TPSA) is 117 Å². The fraction of sp³-hybridized carbons (Fsp3) is 0.235. The molecule has 0 aliphatic heterocycles. The van der Waals surface area contributed by atoms with Crippen LogP contribution in [0.2, 0.25) is 5.02 Å². The van der Waals surface area contributed by atoms with Gasteiger partial charge < -0.3 is 19.9 Å². The van der Waals surface area contributed by atoms with Gasteiger partial charge >= 0.3 is 0 Å². The van der Waals surface area contributed by atoms with E-state index < -0.39 is 15.9 Å². The molecule has 0 heterocycles. The predicted molar refractivity (Wildman–Crippen MR) is 101 cm³/mol. The third-order valence-corrected chi connectivity index (χ3v) is 5.37. The van der Waals surface area contributed by atoms with Crippen molar-refractivity contribution in [1.82, 2.24) is 0 Å². The standard InChI is InChI=1S/C17H19ClN2O6S/c1-10-6-12(18)16(8-14(10)26-9-17(19)21)27(22,23)20-13-5-4-11(24-2)7-15(13)25-3/h4-8,20H,9H2,1-3H3,(H2,19,21). The summed E-state index contributed by atoms with van der Waals surface area (Å²) in [5.41, 5.74) is 5.82. The maximum Gasteiger partial charge on any atom is 0.263 e. The van der Waals surface area contributed by atoms with E-state index in [1.165, 1.54) is 38.5 Å². The van der Waals surface area contributed by atoms with Gasteiger partial charge in [-0.2, -0.15) is 0 Å². The molecule has 2 aromatic carbocycles. The molecule has 0 radical (unpaired) electrons. The monoisotopic (exact) mass is 414 g/mol. The lowest BCUT2D eigenvalue weighted by Gasteiger charge is -2.15. The van der Waals surface area contributed by atoms with E-state index in [-0.39, 0.29) is 33.7 Å². The summed E-state index contributed by atoms with van der Waals surface area (Å²) in [6, 6.07) is 7.28. The molecule has 3 N–H and O–H groups in total. The zero-order chi connectivity index (χ0) is 20.2. The average Bonchev–Trinajstić information content (AvgIpc) is 2.60. The Morgan fingerprint density at radius 2 is 1.85 bits per heavy atom. The fourth-order valence-corrected chi connectivity index (χ4v) is 3.90. The van der Waals surface area contributed by atoms with Crippen molar-refractivity contribution in [3.8, 4) is 17.2 Å². The van der Waals surface area contributed by atoms with Crippen molar-refractivity contribution in [1.29, 1.82) is 0 Å². The third kappa shape index (κ3) is 4.95. The minimum Gasteiger partial charge on any atom is -0.497 e. The van der Waals surface area contributed by atoms with Crippen molar-refractivity contribution < 1.29 is 27.4 Å². The maximum atomic E-state index is 12.8.